The zero-order valence-corrected chi connectivity index (χ0v) is 10.6. The Morgan fingerprint density at radius 2 is 1.93 bits per heavy atom. The zero-order valence-electron chi connectivity index (χ0n) is 9.77. The van der Waals surface area contributed by atoms with Crippen molar-refractivity contribution in [2.75, 3.05) is 25.1 Å². The summed E-state index contributed by atoms with van der Waals surface area (Å²) in [7, 11) is 0. The van der Waals surface area contributed by atoms with Gasteiger partial charge in [0.05, 0.1) is 0 Å². The lowest BCUT2D eigenvalue weighted by molar-refractivity contribution is 0.177. The molecule has 0 aromatic rings. The summed E-state index contributed by atoms with van der Waals surface area (Å²) in [6, 6.07) is 0. The molecule has 0 aromatic carbocycles. The minimum atomic E-state index is 0.650. The first kappa shape index (κ1) is 12.4. The highest BCUT2D eigenvalue weighted by atomic mass is 32.2. The molecule has 1 saturated carbocycles. The topological polar surface area (TPSA) is 12.0 Å². The van der Waals surface area contributed by atoms with Crippen LogP contribution in [0.1, 0.15) is 45.4 Å². The summed E-state index contributed by atoms with van der Waals surface area (Å²) in [5.74, 6) is 1.34. The molecule has 0 bridgehead atoms. The summed E-state index contributed by atoms with van der Waals surface area (Å²) in [5, 5.41) is 3.56. The van der Waals surface area contributed by atoms with Gasteiger partial charge >= 0.3 is 0 Å². The van der Waals surface area contributed by atoms with E-state index in [2.05, 4.69) is 18.5 Å². The lowest BCUT2D eigenvalue weighted by atomic mass is 9.72. The van der Waals surface area contributed by atoms with Crippen molar-refractivity contribution in [1.29, 1.82) is 0 Å². The van der Waals surface area contributed by atoms with Gasteiger partial charge in [-0.25, -0.2) is 0 Å². The van der Waals surface area contributed by atoms with Crippen molar-refractivity contribution in [1.82, 2.24) is 5.32 Å². The summed E-state index contributed by atoms with van der Waals surface area (Å²) in [4.78, 5) is 0. The van der Waals surface area contributed by atoms with E-state index in [-0.39, 0.29) is 0 Å². The Morgan fingerprint density at radius 3 is 2.50 bits per heavy atom. The van der Waals surface area contributed by atoms with Crippen LogP contribution in [0.25, 0.3) is 0 Å². The molecule has 1 nitrogen and oxygen atoms in total. The Balaban J connectivity index is 2.39. The van der Waals surface area contributed by atoms with E-state index in [0.29, 0.717) is 5.41 Å². The van der Waals surface area contributed by atoms with E-state index < -0.39 is 0 Å². The van der Waals surface area contributed by atoms with Crippen LogP contribution in [0.5, 0.6) is 0 Å². The van der Waals surface area contributed by atoms with Crippen molar-refractivity contribution < 1.29 is 0 Å². The van der Waals surface area contributed by atoms with E-state index >= 15 is 0 Å². The van der Waals surface area contributed by atoms with Gasteiger partial charge in [0.2, 0.25) is 0 Å². The largest absolute Gasteiger partial charge is 0.316 e. The van der Waals surface area contributed by atoms with Crippen molar-refractivity contribution in [3.63, 3.8) is 0 Å². The first-order valence-electron chi connectivity index (χ1n) is 6.03. The fraction of sp³-hybridized carbons (Fsp3) is 1.00. The molecule has 2 heteroatoms. The fourth-order valence-corrected chi connectivity index (χ4v) is 3.16. The maximum atomic E-state index is 3.56. The SMILES string of the molecule is CCNCC1(CCSC)CCCCC1. The molecule has 0 unspecified atom stereocenters. The number of thioether (sulfide) groups is 1. The standard InChI is InChI=1S/C12H25NS/c1-3-13-11-12(9-10-14-2)7-5-4-6-8-12/h13H,3-11H2,1-2H3. The van der Waals surface area contributed by atoms with Gasteiger partial charge in [0, 0.05) is 6.54 Å². The Bertz CT molecular complexity index is 131. The van der Waals surface area contributed by atoms with Crippen molar-refractivity contribution in [2.24, 2.45) is 5.41 Å². The third-order valence-corrected chi connectivity index (χ3v) is 4.11. The van der Waals surface area contributed by atoms with Gasteiger partial charge in [-0.15, -0.1) is 0 Å². The molecule has 1 fully saturated rings. The average molecular weight is 215 g/mol. The predicted octanol–water partition coefficient (Wildman–Crippen LogP) is 3.30. The van der Waals surface area contributed by atoms with Crippen molar-refractivity contribution >= 4 is 11.8 Å². The molecule has 0 amide bonds. The van der Waals surface area contributed by atoms with Crippen LogP contribution in [0.3, 0.4) is 0 Å². The third-order valence-electron chi connectivity index (χ3n) is 3.50. The average Bonchev–Trinajstić information content (AvgIpc) is 2.25. The molecule has 0 atom stereocenters. The van der Waals surface area contributed by atoms with Crippen LogP contribution in [-0.4, -0.2) is 25.1 Å². The van der Waals surface area contributed by atoms with Crippen LogP contribution in [0.15, 0.2) is 0 Å². The Labute approximate surface area is 93.4 Å². The summed E-state index contributed by atoms with van der Waals surface area (Å²) >= 11 is 2.00. The van der Waals surface area contributed by atoms with Crippen LogP contribution in [-0.2, 0) is 0 Å². The second-order valence-electron chi connectivity index (χ2n) is 4.58. The number of nitrogens with one attached hydrogen (secondary N) is 1. The molecule has 84 valence electrons. The van der Waals surface area contributed by atoms with Crippen LogP contribution in [0, 0.1) is 5.41 Å². The van der Waals surface area contributed by atoms with Crippen LogP contribution >= 0.6 is 11.8 Å². The van der Waals surface area contributed by atoms with Gasteiger partial charge in [-0.3, -0.25) is 0 Å². The van der Waals surface area contributed by atoms with E-state index in [9.17, 15) is 0 Å². The Hall–Kier alpha value is 0.310. The summed E-state index contributed by atoms with van der Waals surface area (Å²) < 4.78 is 0. The number of hydrogen-bond acceptors (Lipinski definition) is 2. The van der Waals surface area contributed by atoms with Crippen molar-refractivity contribution in [3.8, 4) is 0 Å². The van der Waals surface area contributed by atoms with Gasteiger partial charge in [-0.05, 0) is 43.2 Å². The van der Waals surface area contributed by atoms with Gasteiger partial charge in [0.25, 0.3) is 0 Å². The molecular formula is C12H25NS. The molecule has 1 rings (SSSR count). The van der Waals surface area contributed by atoms with Gasteiger partial charge in [-0.1, -0.05) is 26.2 Å². The smallest absolute Gasteiger partial charge is 0.000799 e. The van der Waals surface area contributed by atoms with Crippen LogP contribution in [0.4, 0.5) is 0 Å². The highest BCUT2D eigenvalue weighted by Gasteiger charge is 2.30. The third kappa shape index (κ3) is 3.82. The van der Waals surface area contributed by atoms with E-state index in [1.54, 1.807) is 0 Å². The summed E-state index contributed by atoms with van der Waals surface area (Å²) in [5.41, 5.74) is 0.650. The quantitative estimate of drug-likeness (QED) is 0.729. The van der Waals surface area contributed by atoms with Crippen LogP contribution < -0.4 is 5.32 Å². The maximum absolute atomic E-state index is 3.56. The highest BCUT2D eigenvalue weighted by Crippen LogP contribution is 2.39. The van der Waals surface area contributed by atoms with E-state index in [4.69, 9.17) is 0 Å². The van der Waals surface area contributed by atoms with Gasteiger partial charge in [0.1, 0.15) is 0 Å². The monoisotopic (exact) mass is 215 g/mol. The molecule has 0 aliphatic heterocycles. The predicted molar refractivity (Wildman–Crippen MR) is 67.1 cm³/mol. The molecule has 0 heterocycles. The zero-order chi connectivity index (χ0) is 10.3. The molecule has 14 heavy (non-hydrogen) atoms. The van der Waals surface area contributed by atoms with Crippen molar-refractivity contribution in [2.45, 2.75) is 45.4 Å². The van der Waals surface area contributed by atoms with E-state index in [0.717, 1.165) is 6.54 Å². The summed E-state index contributed by atoms with van der Waals surface area (Å²) in [6.45, 7) is 4.59. The normalized spacial score (nSPS) is 21.0. The van der Waals surface area contributed by atoms with Gasteiger partial charge in [0.15, 0.2) is 0 Å². The lowest BCUT2D eigenvalue weighted by Crippen LogP contribution is -2.36. The van der Waals surface area contributed by atoms with Crippen molar-refractivity contribution in [3.05, 3.63) is 0 Å². The minimum absolute atomic E-state index is 0.650. The molecule has 0 spiro atoms. The molecule has 0 saturated heterocycles. The lowest BCUT2D eigenvalue weighted by Gasteiger charge is -2.37. The Morgan fingerprint density at radius 1 is 1.21 bits per heavy atom. The van der Waals surface area contributed by atoms with Gasteiger partial charge < -0.3 is 5.32 Å². The summed E-state index contributed by atoms with van der Waals surface area (Å²) in [6.07, 6.45) is 10.9. The van der Waals surface area contributed by atoms with E-state index in [1.165, 1.54) is 50.8 Å². The first-order chi connectivity index (χ1) is 6.83. The fourth-order valence-electron chi connectivity index (χ4n) is 2.53. The van der Waals surface area contributed by atoms with E-state index in [1.807, 2.05) is 11.8 Å². The minimum Gasteiger partial charge on any atom is -0.316 e. The molecule has 0 radical (unpaired) electrons. The molecule has 1 aliphatic rings. The number of rotatable bonds is 6. The second-order valence-corrected chi connectivity index (χ2v) is 5.57. The maximum Gasteiger partial charge on any atom is 0.000799 e. The second kappa shape index (κ2) is 6.73. The molecule has 0 aromatic heterocycles. The molecule has 1 N–H and O–H groups in total. The van der Waals surface area contributed by atoms with Gasteiger partial charge in [-0.2, -0.15) is 11.8 Å². The van der Waals surface area contributed by atoms with Crippen LogP contribution in [0.2, 0.25) is 0 Å². The number of hydrogen-bond donors (Lipinski definition) is 1. The Kier molecular flexibility index (Phi) is 5.95. The highest BCUT2D eigenvalue weighted by molar-refractivity contribution is 7.98. The molecular weight excluding hydrogens is 190 g/mol. The first-order valence-corrected chi connectivity index (χ1v) is 7.42. The molecule has 1 aliphatic carbocycles.